The van der Waals surface area contributed by atoms with Gasteiger partial charge in [0.25, 0.3) is 6.47 Å². The predicted octanol–water partition coefficient (Wildman–Crippen LogP) is 4.31. The third-order valence-electron chi connectivity index (χ3n) is 4.73. The highest BCUT2D eigenvalue weighted by Crippen LogP contribution is 2.38. The van der Waals surface area contributed by atoms with Gasteiger partial charge in [-0.05, 0) is 44.7 Å². The summed E-state index contributed by atoms with van der Waals surface area (Å²) in [6, 6.07) is 8.19. The number of carbonyl (C=O) groups is 2. The molecule has 156 valence electrons. The molecule has 0 radical (unpaired) electrons. The molecule has 0 bridgehead atoms. The maximum Gasteiger partial charge on any atom is 0.410 e. The number of amides is 1. The molecule has 0 aliphatic carbocycles. The van der Waals surface area contributed by atoms with E-state index in [0.717, 1.165) is 35.6 Å². The normalized spacial score (nSPS) is 15.2. The topological polar surface area (TPSA) is 59.1 Å². The number of thiophene rings is 1. The fourth-order valence-electron chi connectivity index (χ4n) is 3.33. The zero-order chi connectivity index (χ0) is 21.0. The third-order valence-corrected chi connectivity index (χ3v) is 5.66. The molecule has 6 nitrogen and oxygen atoms in total. The molecule has 1 aliphatic heterocycles. The van der Waals surface area contributed by atoms with Crippen molar-refractivity contribution in [3.8, 4) is 16.2 Å². The Morgan fingerprint density at radius 3 is 2.55 bits per heavy atom. The van der Waals surface area contributed by atoms with Gasteiger partial charge in [0.05, 0.1) is 4.88 Å². The van der Waals surface area contributed by atoms with Crippen LogP contribution in [0, 0.1) is 6.92 Å². The predicted molar refractivity (Wildman–Crippen MR) is 114 cm³/mol. The molecule has 1 aromatic carbocycles. The van der Waals surface area contributed by atoms with Crippen LogP contribution >= 0.6 is 11.3 Å². The Morgan fingerprint density at radius 2 is 1.90 bits per heavy atom. The summed E-state index contributed by atoms with van der Waals surface area (Å²) in [6.07, 6.45) is -0.248. The lowest BCUT2D eigenvalue weighted by Crippen LogP contribution is -2.49. The molecule has 1 amide bonds. The van der Waals surface area contributed by atoms with Crippen LogP contribution < -0.4 is 4.74 Å². The lowest BCUT2D eigenvalue weighted by molar-refractivity contribution is -0.120. The number of carbonyl (C=O) groups excluding carboxylic acids is 2. The number of rotatable bonds is 5. The Hall–Kier alpha value is -2.38. The van der Waals surface area contributed by atoms with Crippen LogP contribution in [0.4, 0.5) is 4.79 Å². The van der Waals surface area contributed by atoms with Crippen molar-refractivity contribution in [3.63, 3.8) is 0 Å². The highest BCUT2D eigenvalue weighted by atomic mass is 32.1. The van der Waals surface area contributed by atoms with Gasteiger partial charge in [-0.15, -0.1) is 11.3 Å². The second kappa shape index (κ2) is 8.97. The number of aryl methyl sites for hydroxylation is 1. The minimum Gasteiger partial charge on any atom is -0.444 e. The average molecular weight is 417 g/mol. The second-order valence-corrected chi connectivity index (χ2v) is 9.15. The fourth-order valence-corrected chi connectivity index (χ4v) is 4.21. The minimum absolute atomic E-state index is 0.248. The molecule has 1 aliphatic rings. The maximum atomic E-state index is 12.3. The van der Waals surface area contributed by atoms with Crippen LogP contribution in [0.5, 0.6) is 5.75 Å². The molecule has 2 heterocycles. The summed E-state index contributed by atoms with van der Waals surface area (Å²) in [5, 5.41) is 1.93. The van der Waals surface area contributed by atoms with Crippen LogP contribution in [0.15, 0.2) is 29.6 Å². The van der Waals surface area contributed by atoms with Gasteiger partial charge in [-0.25, -0.2) is 4.79 Å². The van der Waals surface area contributed by atoms with Crippen molar-refractivity contribution in [1.29, 1.82) is 0 Å². The molecular weight excluding hydrogens is 388 g/mol. The van der Waals surface area contributed by atoms with E-state index in [4.69, 9.17) is 9.47 Å². The van der Waals surface area contributed by atoms with Crippen molar-refractivity contribution in [3.05, 3.63) is 40.8 Å². The van der Waals surface area contributed by atoms with Crippen molar-refractivity contribution in [2.24, 2.45) is 0 Å². The summed E-state index contributed by atoms with van der Waals surface area (Å²) in [5.74, 6) is 0.589. The van der Waals surface area contributed by atoms with Gasteiger partial charge < -0.3 is 14.4 Å². The van der Waals surface area contributed by atoms with Crippen molar-refractivity contribution in [2.75, 3.05) is 26.2 Å². The summed E-state index contributed by atoms with van der Waals surface area (Å²) >= 11 is 1.57. The number of hydrogen-bond acceptors (Lipinski definition) is 6. The highest BCUT2D eigenvalue weighted by Gasteiger charge is 2.26. The number of nitrogens with zero attached hydrogens (tertiary/aromatic N) is 2. The molecule has 2 aromatic rings. The molecule has 7 heteroatoms. The van der Waals surface area contributed by atoms with Gasteiger partial charge in [0.1, 0.15) is 11.4 Å². The van der Waals surface area contributed by atoms with E-state index >= 15 is 0 Å². The second-order valence-electron chi connectivity index (χ2n) is 8.23. The Bertz CT molecular complexity index is 864. The number of piperazine rings is 1. The largest absolute Gasteiger partial charge is 0.444 e. The molecule has 3 rings (SSSR count). The van der Waals surface area contributed by atoms with E-state index in [1.165, 1.54) is 5.56 Å². The van der Waals surface area contributed by atoms with E-state index in [2.05, 4.69) is 30.0 Å². The van der Waals surface area contributed by atoms with Crippen LogP contribution in [0.25, 0.3) is 10.4 Å². The van der Waals surface area contributed by atoms with E-state index < -0.39 is 5.60 Å². The number of ether oxygens (including phenoxy) is 2. The van der Waals surface area contributed by atoms with E-state index in [-0.39, 0.29) is 6.09 Å². The highest BCUT2D eigenvalue weighted by molar-refractivity contribution is 7.14. The summed E-state index contributed by atoms with van der Waals surface area (Å²) in [4.78, 5) is 28.2. The van der Waals surface area contributed by atoms with Crippen molar-refractivity contribution in [2.45, 2.75) is 39.8 Å². The lowest BCUT2D eigenvalue weighted by Gasteiger charge is -2.35. The Kier molecular flexibility index (Phi) is 6.59. The van der Waals surface area contributed by atoms with E-state index in [0.29, 0.717) is 25.3 Å². The van der Waals surface area contributed by atoms with E-state index in [9.17, 15) is 9.59 Å². The van der Waals surface area contributed by atoms with Gasteiger partial charge in [-0.1, -0.05) is 23.8 Å². The van der Waals surface area contributed by atoms with Gasteiger partial charge in [0.15, 0.2) is 0 Å². The first-order valence-electron chi connectivity index (χ1n) is 9.75. The van der Waals surface area contributed by atoms with Crippen LogP contribution in [0.3, 0.4) is 0 Å². The fraction of sp³-hybridized carbons (Fsp3) is 0.455. The van der Waals surface area contributed by atoms with E-state index in [1.54, 1.807) is 16.2 Å². The van der Waals surface area contributed by atoms with Crippen molar-refractivity contribution < 1.29 is 19.1 Å². The molecule has 29 heavy (non-hydrogen) atoms. The molecule has 1 aromatic heterocycles. The zero-order valence-electron chi connectivity index (χ0n) is 17.4. The van der Waals surface area contributed by atoms with Crippen LogP contribution in [0.2, 0.25) is 0 Å². The summed E-state index contributed by atoms with van der Waals surface area (Å²) in [5.41, 5.74) is 2.95. The van der Waals surface area contributed by atoms with Crippen LogP contribution in [-0.2, 0) is 16.1 Å². The Labute approximate surface area is 176 Å². The summed E-state index contributed by atoms with van der Waals surface area (Å²) in [6.45, 7) is 11.8. The van der Waals surface area contributed by atoms with Gasteiger partial charge in [0, 0.05) is 38.3 Å². The first kappa shape index (κ1) is 21.3. The molecule has 0 spiro atoms. The maximum absolute atomic E-state index is 12.3. The van der Waals surface area contributed by atoms with E-state index in [1.807, 2.05) is 32.2 Å². The molecule has 0 N–H and O–H groups in total. The summed E-state index contributed by atoms with van der Waals surface area (Å²) < 4.78 is 10.6. The van der Waals surface area contributed by atoms with Gasteiger partial charge in [-0.3, -0.25) is 9.69 Å². The molecule has 1 saturated heterocycles. The Balaban J connectivity index is 1.70. The zero-order valence-corrected chi connectivity index (χ0v) is 18.3. The number of benzene rings is 1. The SMILES string of the molecule is Cc1ccc(CN2CCN(C(=O)OC(C)(C)C)CC2)c(-c2sccc2OC=O)c1. The smallest absolute Gasteiger partial charge is 0.410 e. The molecular formula is C22H28N2O4S. The van der Waals surface area contributed by atoms with Crippen LogP contribution in [-0.4, -0.2) is 54.1 Å². The molecule has 0 saturated carbocycles. The quantitative estimate of drug-likeness (QED) is 0.680. The van der Waals surface area contributed by atoms with Crippen LogP contribution in [0.1, 0.15) is 31.9 Å². The van der Waals surface area contributed by atoms with Gasteiger partial charge in [0.2, 0.25) is 0 Å². The summed E-state index contributed by atoms with van der Waals surface area (Å²) in [7, 11) is 0. The first-order chi connectivity index (χ1) is 13.8. The van der Waals surface area contributed by atoms with Crippen molar-refractivity contribution in [1.82, 2.24) is 9.80 Å². The molecule has 1 fully saturated rings. The number of hydrogen-bond donors (Lipinski definition) is 0. The monoisotopic (exact) mass is 416 g/mol. The third kappa shape index (κ3) is 5.58. The molecule has 0 atom stereocenters. The minimum atomic E-state index is -0.479. The van der Waals surface area contributed by atoms with Gasteiger partial charge in [-0.2, -0.15) is 0 Å². The van der Waals surface area contributed by atoms with Gasteiger partial charge >= 0.3 is 6.09 Å². The first-order valence-corrected chi connectivity index (χ1v) is 10.6. The average Bonchev–Trinajstić information content (AvgIpc) is 3.11. The molecule has 0 unspecified atom stereocenters. The van der Waals surface area contributed by atoms with Crippen molar-refractivity contribution >= 4 is 23.9 Å². The Morgan fingerprint density at radius 1 is 1.17 bits per heavy atom. The standard InChI is InChI=1S/C22H28N2O4S/c1-16-5-6-17(18(13-16)20-19(27-15-25)7-12-29-20)14-23-8-10-24(11-9-23)21(26)28-22(2,3)4/h5-7,12-13,15H,8-11,14H2,1-4H3. The lowest BCUT2D eigenvalue weighted by atomic mass is 10.0.